The van der Waals surface area contributed by atoms with Crippen LogP contribution in [0.5, 0.6) is 5.75 Å². The van der Waals surface area contributed by atoms with Gasteiger partial charge in [-0.3, -0.25) is 4.79 Å². The monoisotopic (exact) mass is 227 g/mol. The SMILES string of the molecule is C/C(=C\c1cccc2cc(O)ccc12)C(N)=O. The molecule has 0 spiro atoms. The molecule has 0 radical (unpaired) electrons. The minimum atomic E-state index is -0.430. The molecule has 0 bridgehead atoms. The first kappa shape index (κ1) is 11.2. The van der Waals surface area contributed by atoms with Crippen molar-refractivity contribution in [1.82, 2.24) is 0 Å². The molecule has 2 rings (SSSR count). The molecule has 0 saturated heterocycles. The number of rotatable bonds is 2. The molecule has 3 heteroatoms. The number of hydrogen-bond donors (Lipinski definition) is 2. The lowest BCUT2D eigenvalue weighted by Gasteiger charge is -2.04. The summed E-state index contributed by atoms with van der Waals surface area (Å²) in [6, 6.07) is 10.8. The lowest BCUT2D eigenvalue weighted by atomic mass is 10.0. The molecule has 0 aliphatic rings. The van der Waals surface area contributed by atoms with Crippen LogP contribution in [0.2, 0.25) is 0 Å². The van der Waals surface area contributed by atoms with Crippen LogP contribution in [0.15, 0.2) is 42.0 Å². The van der Waals surface area contributed by atoms with E-state index in [0.29, 0.717) is 5.57 Å². The first-order valence-corrected chi connectivity index (χ1v) is 5.28. The Labute approximate surface area is 99.2 Å². The van der Waals surface area contributed by atoms with Gasteiger partial charge >= 0.3 is 0 Å². The lowest BCUT2D eigenvalue weighted by Crippen LogP contribution is -2.11. The summed E-state index contributed by atoms with van der Waals surface area (Å²) in [5.74, 6) is -0.203. The van der Waals surface area contributed by atoms with Gasteiger partial charge in [0, 0.05) is 5.57 Å². The van der Waals surface area contributed by atoms with Gasteiger partial charge in [0.25, 0.3) is 0 Å². The summed E-state index contributed by atoms with van der Waals surface area (Å²) in [5.41, 5.74) is 6.63. The van der Waals surface area contributed by atoms with Gasteiger partial charge in [-0.05, 0) is 41.5 Å². The minimum absolute atomic E-state index is 0.227. The standard InChI is InChI=1S/C14H13NO2/c1-9(14(15)17)7-10-3-2-4-11-8-12(16)5-6-13(10)11/h2-8,16H,1H3,(H2,15,17)/b9-7+. The number of primary amides is 1. The average Bonchev–Trinajstić information content (AvgIpc) is 2.28. The first-order valence-electron chi connectivity index (χ1n) is 5.28. The Morgan fingerprint density at radius 3 is 2.76 bits per heavy atom. The second-order valence-corrected chi connectivity index (χ2v) is 3.94. The molecule has 0 aromatic heterocycles. The normalized spacial score (nSPS) is 11.7. The van der Waals surface area contributed by atoms with Gasteiger partial charge in [0.1, 0.15) is 5.75 Å². The Morgan fingerprint density at radius 1 is 1.29 bits per heavy atom. The molecule has 3 N–H and O–H groups in total. The van der Waals surface area contributed by atoms with E-state index >= 15 is 0 Å². The van der Waals surface area contributed by atoms with Crippen LogP contribution < -0.4 is 5.73 Å². The number of carbonyl (C=O) groups excluding carboxylic acids is 1. The number of fused-ring (bicyclic) bond motifs is 1. The molecule has 2 aromatic carbocycles. The van der Waals surface area contributed by atoms with Crippen molar-refractivity contribution in [3.63, 3.8) is 0 Å². The zero-order valence-electron chi connectivity index (χ0n) is 9.47. The van der Waals surface area contributed by atoms with E-state index in [4.69, 9.17) is 5.73 Å². The van der Waals surface area contributed by atoms with Gasteiger partial charge in [0.2, 0.25) is 5.91 Å². The Morgan fingerprint density at radius 2 is 2.06 bits per heavy atom. The van der Waals surface area contributed by atoms with E-state index < -0.39 is 5.91 Å². The van der Waals surface area contributed by atoms with Gasteiger partial charge in [0.05, 0.1) is 0 Å². The quantitative estimate of drug-likeness (QED) is 0.774. The van der Waals surface area contributed by atoms with Gasteiger partial charge in [-0.1, -0.05) is 24.3 Å². The number of amides is 1. The molecule has 0 heterocycles. The summed E-state index contributed by atoms with van der Waals surface area (Å²) in [7, 11) is 0. The van der Waals surface area contributed by atoms with Crippen molar-refractivity contribution in [2.45, 2.75) is 6.92 Å². The summed E-state index contributed by atoms with van der Waals surface area (Å²) in [6.45, 7) is 1.68. The van der Waals surface area contributed by atoms with Crippen LogP contribution in [0.25, 0.3) is 16.8 Å². The Balaban J connectivity index is 2.63. The van der Waals surface area contributed by atoms with E-state index in [2.05, 4.69) is 0 Å². The molecule has 3 nitrogen and oxygen atoms in total. The van der Waals surface area contributed by atoms with Crippen molar-refractivity contribution in [3.05, 3.63) is 47.5 Å². The summed E-state index contributed by atoms with van der Waals surface area (Å²) >= 11 is 0. The summed E-state index contributed by atoms with van der Waals surface area (Å²) < 4.78 is 0. The van der Waals surface area contributed by atoms with Crippen LogP contribution in [0.3, 0.4) is 0 Å². The summed E-state index contributed by atoms with van der Waals surface area (Å²) in [6.07, 6.45) is 1.75. The van der Waals surface area contributed by atoms with Crippen LogP contribution in [-0.4, -0.2) is 11.0 Å². The van der Waals surface area contributed by atoms with Gasteiger partial charge in [-0.2, -0.15) is 0 Å². The van der Waals surface area contributed by atoms with E-state index in [1.807, 2.05) is 24.3 Å². The van der Waals surface area contributed by atoms with Crippen LogP contribution in [0.4, 0.5) is 0 Å². The molecule has 0 atom stereocenters. The molecule has 0 saturated carbocycles. The third-order valence-corrected chi connectivity index (χ3v) is 2.66. The minimum Gasteiger partial charge on any atom is -0.508 e. The highest BCUT2D eigenvalue weighted by Crippen LogP contribution is 2.24. The Kier molecular flexibility index (Phi) is 2.83. The van der Waals surface area contributed by atoms with Gasteiger partial charge < -0.3 is 10.8 Å². The third-order valence-electron chi connectivity index (χ3n) is 2.66. The fourth-order valence-electron chi connectivity index (χ4n) is 1.73. The second-order valence-electron chi connectivity index (χ2n) is 3.94. The predicted octanol–water partition coefficient (Wildman–Crippen LogP) is 2.43. The zero-order valence-corrected chi connectivity index (χ0v) is 9.47. The molecule has 17 heavy (non-hydrogen) atoms. The number of phenolic OH excluding ortho intramolecular Hbond substituents is 1. The summed E-state index contributed by atoms with van der Waals surface area (Å²) in [4.78, 5) is 11.0. The Hall–Kier alpha value is -2.29. The van der Waals surface area contributed by atoms with Crippen molar-refractivity contribution < 1.29 is 9.90 Å². The third kappa shape index (κ3) is 2.28. The van der Waals surface area contributed by atoms with E-state index in [0.717, 1.165) is 16.3 Å². The average molecular weight is 227 g/mol. The van der Waals surface area contributed by atoms with E-state index in [1.165, 1.54) is 0 Å². The highest BCUT2D eigenvalue weighted by Gasteiger charge is 2.02. The maximum absolute atomic E-state index is 11.0. The van der Waals surface area contributed by atoms with Crippen LogP contribution in [0.1, 0.15) is 12.5 Å². The number of phenols is 1. The molecule has 0 fully saturated rings. The number of carbonyl (C=O) groups is 1. The highest BCUT2D eigenvalue weighted by molar-refractivity contribution is 5.99. The fraction of sp³-hybridized carbons (Fsp3) is 0.0714. The summed E-state index contributed by atoms with van der Waals surface area (Å²) in [5, 5.41) is 11.3. The van der Waals surface area contributed by atoms with Gasteiger partial charge in [-0.15, -0.1) is 0 Å². The second kappa shape index (κ2) is 4.29. The number of aromatic hydroxyl groups is 1. The van der Waals surface area contributed by atoms with E-state index in [-0.39, 0.29) is 5.75 Å². The topological polar surface area (TPSA) is 63.3 Å². The zero-order chi connectivity index (χ0) is 12.4. The predicted molar refractivity (Wildman–Crippen MR) is 68.5 cm³/mol. The molecule has 0 unspecified atom stereocenters. The molecular formula is C14H13NO2. The van der Waals surface area contributed by atoms with Crippen LogP contribution in [-0.2, 0) is 4.79 Å². The van der Waals surface area contributed by atoms with Gasteiger partial charge in [0.15, 0.2) is 0 Å². The largest absolute Gasteiger partial charge is 0.508 e. The fourth-order valence-corrected chi connectivity index (χ4v) is 1.73. The number of nitrogens with two attached hydrogens (primary N) is 1. The van der Waals surface area contributed by atoms with E-state index in [9.17, 15) is 9.90 Å². The van der Waals surface area contributed by atoms with Crippen LogP contribution in [0, 0.1) is 0 Å². The van der Waals surface area contributed by atoms with Crippen LogP contribution >= 0.6 is 0 Å². The van der Waals surface area contributed by atoms with Crippen molar-refractivity contribution in [2.24, 2.45) is 5.73 Å². The first-order chi connectivity index (χ1) is 8.08. The molecule has 2 aromatic rings. The van der Waals surface area contributed by atoms with Crippen molar-refractivity contribution in [2.75, 3.05) is 0 Å². The molecule has 0 aliphatic carbocycles. The number of hydrogen-bond acceptors (Lipinski definition) is 2. The molecule has 1 amide bonds. The van der Waals surface area contributed by atoms with Crippen molar-refractivity contribution >= 4 is 22.8 Å². The lowest BCUT2D eigenvalue weighted by molar-refractivity contribution is -0.114. The van der Waals surface area contributed by atoms with E-state index in [1.54, 1.807) is 25.1 Å². The van der Waals surface area contributed by atoms with Gasteiger partial charge in [-0.25, -0.2) is 0 Å². The maximum Gasteiger partial charge on any atom is 0.244 e. The van der Waals surface area contributed by atoms with Crippen molar-refractivity contribution in [1.29, 1.82) is 0 Å². The molecule has 86 valence electrons. The van der Waals surface area contributed by atoms with Crippen molar-refractivity contribution in [3.8, 4) is 5.75 Å². The smallest absolute Gasteiger partial charge is 0.244 e. The molecular weight excluding hydrogens is 214 g/mol. The number of benzene rings is 2. The highest BCUT2D eigenvalue weighted by atomic mass is 16.3. The molecule has 0 aliphatic heterocycles. The maximum atomic E-state index is 11.0. The Bertz CT molecular complexity index is 615.